The van der Waals surface area contributed by atoms with Gasteiger partial charge in [-0.1, -0.05) is 0 Å². The third-order valence-electron chi connectivity index (χ3n) is 1.82. The van der Waals surface area contributed by atoms with Crippen molar-refractivity contribution in [3.05, 3.63) is 23.3 Å². The molecule has 0 unspecified atom stereocenters. The number of ether oxygens (including phenoxy) is 1. The highest BCUT2D eigenvalue weighted by molar-refractivity contribution is 5.95. The van der Waals surface area contributed by atoms with E-state index in [1.807, 2.05) is 0 Å². The number of alkyl halides is 3. The van der Waals surface area contributed by atoms with Crippen molar-refractivity contribution in [1.29, 1.82) is 0 Å². The molecule has 7 heteroatoms. The molecule has 0 aliphatic heterocycles. The molecule has 0 aliphatic rings. The first-order valence-electron chi connectivity index (χ1n) is 4.10. The molecule has 0 atom stereocenters. The van der Waals surface area contributed by atoms with Crippen LogP contribution in [0.4, 0.5) is 18.9 Å². The Kier molecular flexibility index (Phi) is 2.97. The summed E-state index contributed by atoms with van der Waals surface area (Å²) >= 11 is 0. The zero-order valence-corrected chi connectivity index (χ0v) is 8.13. The number of hydrogen-bond donors (Lipinski definition) is 2. The van der Waals surface area contributed by atoms with Gasteiger partial charge >= 0.3 is 12.3 Å². The van der Waals surface area contributed by atoms with Crippen LogP contribution in [0.1, 0.15) is 15.9 Å². The number of nitrogen functional groups attached to an aromatic ring is 1. The van der Waals surface area contributed by atoms with E-state index in [4.69, 9.17) is 10.8 Å². The van der Waals surface area contributed by atoms with E-state index in [0.29, 0.717) is 0 Å². The molecule has 1 aromatic rings. The maximum Gasteiger partial charge on any atom is 0.573 e. The van der Waals surface area contributed by atoms with Gasteiger partial charge in [0.05, 0.1) is 5.56 Å². The second-order valence-corrected chi connectivity index (χ2v) is 3.05. The summed E-state index contributed by atoms with van der Waals surface area (Å²) in [7, 11) is 0. The largest absolute Gasteiger partial charge is 0.573 e. The number of benzene rings is 1. The maximum absolute atomic E-state index is 11.9. The van der Waals surface area contributed by atoms with Crippen LogP contribution in [0.15, 0.2) is 12.1 Å². The van der Waals surface area contributed by atoms with E-state index in [0.717, 1.165) is 12.1 Å². The summed E-state index contributed by atoms with van der Waals surface area (Å²) in [6.07, 6.45) is -4.86. The van der Waals surface area contributed by atoms with Crippen LogP contribution in [0.2, 0.25) is 0 Å². The number of carboxylic acids is 1. The average molecular weight is 235 g/mol. The molecule has 16 heavy (non-hydrogen) atoms. The second-order valence-electron chi connectivity index (χ2n) is 3.05. The van der Waals surface area contributed by atoms with Crippen LogP contribution in [0.3, 0.4) is 0 Å². The number of nitrogens with two attached hydrogens (primary N) is 1. The lowest BCUT2D eigenvalue weighted by atomic mass is 10.1. The second kappa shape index (κ2) is 3.92. The van der Waals surface area contributed by atoms with Crippen LogP contribution in [-0.4, -0.2) is 17.4 Å². The van der Waals surface area contributed by atoms with E-state index < -0.39 is 23.6 Å². The highest BCUT2D eigenvalue weighted by Crippen LogP contribution is 2.28. The lowest BCUT2D eigenvalue weighted by Crippen LogP contribution is -2.18. The monoisotopic (exact) mass is 235 g/mol. The van der Waals surface area contributed by atoms with Gasteiger partial charge in [0.25, 0.3) is 0 Å². The van der Waals surface area contributed by atoms with Crippen LogP contribution >= 0.6 is 0 Å². The fourth-order valence-electron chi connectivity index (χ4n) is 1.13. The zero-order chi connectivity index (χ0) is 12.5. The van der Waals surface area contributed by atoms with Gasteiger partial charge in [-0.2, -0.15) is 0 Å². The summed E-state index contributed by atoms with van der Waals surface area (Å²) in [6.45, 7) is 1.39. The Morgan fingerprint density at radius 3 is 2.44 bits per heavy atom. The number of aryl methyl sites for hydroxylation is 1. The summed E-state index contributed by atoms with van der Waals surface area (Å²) in [6, 6.07) is 1.76. The molecule has 0 aliphatic carbocycles. The molecule has 0 fully saturated rings. The van der Waals surface area contributed by atoms with E-state index in [1.165, 1.54) is 6.92 Å². The Morgan fingerprint density at radius 2 is 2.00 bits per heavy atom. The standard InChI is InChI=1S/C9H8F3NO3/c1-4-2-5(16-9(10,11)12)3-6(7(4)13)8(14)15/h2-3H,13H2,1H3,(H,14,15). The van der Waals surface area contributed by atoms with E-state index in [-0.39, 0.29) is 11.3 Å². The van der Waals surface area contributed by atoms with Gasteiger partial charge in [-0.15, -0.1) is 13.2 Å². The normalized spacial score (nSPS) is 11.2. The number of anilines is 1. The first kappa shape index (κ1) is 12.2. The van der Waals surface area contributed by atoms with E-state index >= 15 is 0 Å². The number of hydrogen-bond acceptors (Lipinski definition) is 3. The SMILES string of the molecule is Cc1cc(OC(F)(F)F)cc(C(=O)O)c1N. The van der Waals surface area contributed by atoms with Crippen LogP contribution < -0.4 is 10.5 Å². The van der Waals surface area contributed by atoms with Gasteiger partial charge in [-0.3, -0.25) is 0 Å². The van der Waals surface area contributed by atoms with Gasteiger partial charge in [-0.25, -0.2) is 4.79 Å². The van der Waals surface area contributed by atoms with Crippen LogP contribution in [0.25, 0.3) is 0 Å². The highest BCUT2D eigenvalue weighted by Gasteiger charge is 2.31. The Bertz CT molecular complexity index is 429. The molecule has 1 aromatic carbocycles. The number of rotatable bonds is 2. The number of carbonyl (C=O) groups is 1. The first-order chi connectivity index (χ1) is 7.20. The smallest absolute Gasteiger partial charge is 0.478 e. The third-order valence-corrected chi connectivity index (χ3v) is 1.82. The van der Waals surface area contributed by atoms with E-state index in [1.54, 1.807) is 0 Å². The van der Waals surface area contributed by atoms with Crippen molar-refractivity contribution in [3.8, 4) is 5.75 Å². The molecular weight excluding hydrogens is 227 g/mol. The Morgan fingerprint density at radius 1 is 1.44 bits per heavy atom. The first-order valence-corrected chi connectivity index (χ1v) is 4.10. The van der Waals surface area contributed by atoms with Crippen molar-refractivity contribution in [3.63, 3.8) is 0 Å². The molecule has 4 nitrogen and oxygen atoms in total. The predicted molar refractivity (Wildman–Crippen MR) is 49.2 cm³/mol. The molecule has 0 amide bonds. The molecule has 0 bridgehead atoms. The van der Waals surface area contributed by atoms with Gasteiger partial charge < -0.3 is 15.6 Å². The summed E-state index contributed by atoms with van der Waals surface area (Å²) in [4.78, 5) is 10.7. The van der Waals surface area contributed by atoms with Crippen molar-refractivity contribution in [2.75, 3.05) is 5.73 Å². The van der Waals surface area contributed by atoms with Gasteiger partial charge in [0.1, 0.15) is 5.75 Å². The quantitative estimate of drug-likeness (QED) is 0.770. The van der Waals surface area contributed by atoms with Crippen LogP contribution in [0, 0.1) is 6.92 Å². The Hall–Kier alpha value is -1.92. The third kappa shape index (κ3) is 2.78. The molecule has 0 spiro atoms. The number of aromatic carboxylic acids is 1. The molecule has 0 radical (unpaired) electrons. The summed E-state index contributed by atoms with van der Waals surface area (Å²) in [5.41, 5.74) is 5.11. The lowest BCUT2D eigenvalue weighted by Gasteiger charge is -2.12. The fraction of sp³-hybridized carbons (Fsp3) is 0.222. The molecule has 0 saturated carbocycles. The van der Waals surface area contributed by atoms with Gasteiger partial charge in [0.15, 0.2) is 0 Å². The zero-order valence-electron chi connectivity index (χ0n) is 8.13. The summed E-state index contributed by atoms with van der Waals surface area (Å²) in [5.74, 6) is -2.01. The van der Waals surface area contributed by atoms with Crippen LogP contribution in [0.5, 0.6) is 5.75 Å². The molecule has 0 aromatic heterocycles. The molecular formula is C9H8F3NO3. The van der Waals surface area contributed by atoms with Crippen molar-refractivity contribution < 1.29 is 27.8 Å². The summed E-state index contributed by atoms with van der Waals surface area (Å²) in [5, 5.41) is 8.70. The molecule has 0 heterocycles. The van der Waals surface area contributed by atoms with Crippen molar-refractivity contribution in [1.82, 2.24) is 0 Å². The maximum atomic E-state index is 11.9. The van der Waals surface area contributed by atoms with Gasteiger partial charge in [-0.05, 0) is 24.6 Å². The topological polar surface area (TPSA) is 72.5 Å². The molecule has 3 N–H and O–H groups in total. The van der Waals surface area contributed by atoms with Crippen molar-refractivity contribution in [2.24, 2.45) is 0 Å². The minimum Gasteiger partial charge on any atom is -0.478 e. The van der Waals surface area contributed by atoms with Gasteiger partial charge in [0.2, 0.25) is 0 Å². The summed E-state index contributed by atoms with van der Waals surface area (Å²) < 4.78 is 39.3. The molecule has 88 valence electrons. The lowest BCUT2D eigenvalue weighted by molar-refractivity contribution is -0.274. The van der Waals surface area contributed by atoms with Crippen LogP contribution in [-0.2, 0) is 0 Å². The number of carboxylic acid groups (broad SMARTS) is 1. The fourth-order valence-corrected chi connectivity index (χ4v) is 1.13. The predicted octanol–water partition coefficient (Wildman–Crippen LogP) is 2.17. The van der Waals surface area contributed by atoms with E-state index in [2.05, 4.69) is 4.74 Å². The minimum absolute atomic E-state index is 0.0815. The average Bonchev–Trinajstić information content (AvgIpc) is 2.07. The number of halogens is 3. The molecule has 0 saturated heterocycles. The minimum atomic E-state index is -4.86. The van der Waals surface area contributed by atoms with E-state index in [9.17, 15) is 18.0 Å². The van der Waals surface area contributed by atoms with Gasteiger partial charge in [0, 0.05) is 5.69 Å². The van der Waals surface area contributed by atoms with Crippen molar-refractivity contribution >= 4 is 11.7 Å². The Labute approximate surface area is 88.4 Å². The molecule has 1 rings (SSSR count). The highest BCUT2D eigenvalue weighted by atomic mass is 19.4. The van der Waals surface area contributed by atoms with Crippen molar-refractivity contribution in [2.45, 2.75) is 13.3 Å². The Balaban J connectivity index is 3.19.